The van der Waals surface area contributed by atoms with Crippen LogP contribution < -0.4 is 4.74 Å². The van der Waals surface area contributed by atoms with Crippen molar-refractivity contribution in [2.24, 2.45) is 11.8 Å². The summed E-state index contributed by atoms with van der Waals surface area (Å²) < 4.78 is 48.1. The van der Waals surface area contributed by atoms with Crippen LogP contribution in [0.3, 0.4) is 0 Å². The molecular formula is C24H29F3O6. The molecule has 33 heavy (non-hydrogen) atoms. The molecule has 0 radical (unpaired) electrons. The van der Waals surface area contributed by atoms with E-state index < -0.39 is 41.9 Å². The Balaban J connectivity index is 1.89. The number of hydrogen-bond donors (Lipinski definition) is 3. The molecule has 9 heteroatoms. The number of ether oxygens (including phenoxy) is 2. The highest BCUT2D eigenvalue weighted by Crippen LogP contribution is 2.36. The molecule has 1 saturated carbocycles. The molecule has 1 fully saturated rings. The van der Waals surface area contributed by atoms with Gasteiger partial charge in [-0.15, -0.1) is 0 Å². The van der Waals surface area contributed by atoms with Crippen molar-refractivity contribution in [2.45, 2.75) is 43.8 Å². The minimum atomic E-state index is -4.49. The summed E-state index contributed by atoms with van der Waals surface area (Å²) in [6.07, 6.45) is 3.74. The second-order valence-electron chi connectivity index (χ2n) is 7.77. The number of methoxy groups -OCH3 is 1. The van der Waals surface area contributed by atoms with Gasteiger partial charge in [0.1, 0.15) is 18.5 Å². The second-order valence-corrected chi connectivity index (χ2v) is 7.77. The van der Waals surface area contributed by atoms with E-state index in [1.165, 1.54) is 31.4 Å². The van der Waals surface area contributed by atoms with E-state index in [-0.39, 0.29) is 24.7 Å². The average Bonchev–Trinajstić information content (AvgIpc) is 3.04. The van der Waals surface area contributed by atoms with Gasteiger partial charge in [0.15, 0.2) is 0 Å². The maximum Gasteiger partial charge on any atom is 0.416 e. The molecule has 3 N–H and O–H groups in total. The lowest BCUT2D eigenvalue weighted by molar-refractivity contribution is -0.137. The van der Waals surface area contributed by atoms with Gasteiger partial charge in [0, 0.05) is 18.4 Å². The van der Waals surface area contributed by atoms with E-state index in [1.54, 1.807) is 12.2 Å². The van der Waals surface area contributed by atoms with Crippen molar-refractivity contribution in [3.8, 4) is 5.75 Å². The van der Waals surface area contributed by atoms with E-state index >= 15 is 0 Å². The first-order valence-corrected chi connectivity index (χ1v) is 10.5. The Hall–Kier alpha value is -2.62. The predicted octanol–water partition coefficient (Wildman–Crippen LogP) is 3.42. The number of benzene rings is 1. The van der Waals surface area contributed by atoms with Crippen LogP contribution in [-0.4, -0.2) is 53.3 Å². The number of alkyl halides is 3. The van der Waals surface area contributed by atoms with Crippen molar-refractivity contribution in [1.82, 2.24) is 0 Å². The number of aliphatic hydroxyl groups excluding tert-OH is 3. The molecule has 182 valence electrons. The van der Waals surface area contributed by atoms with E-state index in [4.69, 9.17) is 4.74 Å². The molecule has 1 aromatic rings. The van der Waals surface area contributed by atoms with Crippen molar-refractivity contribution < 1.29 is 42.8 Å². The highest BCUT2D eigenvalue weighted by molar-refractivity contribution is 5.81. The van der Waals surface area contributed by atoms with E-state index in [0.717, 1.165) is 12.1 Å². The van der Waals surface area contributed by atoms with Crippen LogP contribution in [0.4, 0.5) is 13.2 Å². The van der Waals surface area contributed by atoms with Gasteiger partial charge in [0.2, 0.25) is 0 Å². The number of halogens is 3. The number of carbonyl (C=O) groups is 1. The third-order valence-corrected chi connectivity index (χ3v) is 5.36. The first-order valence-electron chi connectivity index (χ1n) is 10.5. The molecule has 1 aliphatic carbocycles. The quantitative estimate of drug-likeness (QED) is 0.276. The van der Waals surface area contributed by atoms with Gasteiger partial charge < -0.3 is 24.8 Å². The highest BCUT2D eigenvalue weighted by atomic mass is 19.4. The number of hydrogen-bond acceptors (Lipinski definition) is 6. The van der Waals surface area contributed by atoms with Gasteiger partial charge in [-0.05, 0) is 37.0 Å². The largest absolute Gasteiger partial charge is 0.491 e. The molecule has 0 amide bonds. The fourth-order valence-electron chi connectivity index (χ4n) is 3.62. The van der Waals surface area contributed by atoms with Gasteiger partial charge in [-0.3, -0.25) is 0 Å². The molecular weight excluding hydrogens is 441 g/mol. The van der Waals surface area contributed by atoms with E-state index in [1.807, 2.05) is 12.2 Å². The SMILES string of the molecule is COC(=O)C=CCC=CCC1C(O)CC(O)[C@@H]1C=C[C@@H](O)COc1cccc(C(F)(F)F)c1. The summed E-state index contributed by atoms with van der Waals surface area (Å²) in [5.74, 6) is -1.14. The zero-order chi connectivity index (χ0) is 24.4. The highest BCUT2D eigenvalue weighted by Gasteiger charge is 2.39. The maximum atomic E-state index is 12.8. The van der Waals surface area contributed by atoms with Crippen LogP contribution in [0.15, 0.2) is 60.7 Å². The standard InChI is InChI=1S/C24H29F3O6/c1-32-23(31)10-5-3-2-4-9-19-20(22(30)14-21(19)29)12-11-17(28)15-33-18-8-6-7-16(13-18)24(25,26)27/h2,4-8,10-13,17,19-22,28-30H,3,9,14-15H2,1H3/t17-,19?,20-,21?,22?/m1/s1. The van der Waals surface area contributed by atoms with Gasteiger partial charge in [-0.1, -0.05) is 36.4 Å². The summed E-state index contributed by atoms with van der Waals surface area (Å²) >= 11 is 0. The van der Waals surface area contributed by atoms with Crippen molar-refractivity contribution in [1.29, 1.82) is 0 Å². The minimum absolute atomic E-state index is 0.0159. The van der Waals surface area contributed by atoms with Crippen LogP contribution in [0.2, 0.25) is 0 Å². The molecule has 5 atom stereocenters. The van der Waals surface area contributed by atoms with E-state index in [9.17, 15) is 33.3 Å². The molecule has 0 heterocycles. The second kappa shape index (κ2) is 12.6. The minimum Gasteiger partial charge on any atom is -0.491 e. The van der Waals surface area contributed by atoms with Crippen molar-refractivity contribution >= 4 is 5.97 Å². The molecule has 0 spiro atoms. The van der Waals surface area contributed by atoms with Crippen LogP contribution >= 0.6 is 0 Å². The Labute approximate surface area is 190 Å². The molecule has 1 aliphatic rings. The molecule has 6 nitrogen and oxygen atoms in total. The fourth-order valence-corrected chi connectivity index (χ4v) is 3.62. The Bertz CT molecular complexity index is 849. The number of aliphatic hydroxyl groups is 3. The molecule has 0 bridgehead atoms. The maximum absolute atomic E-state index is 12.8. The summed E-state index contributed by atoms with van der Waals surface area (Å²) in [7, 11) is 1.29. The lowest BCUT2D eigenvalue weighted by atomic mass is 9.89. The monoisotopic (exact) mass is 470 g/mol. The van der Waals surface area contributed by atoms with E-state index in [2.05, 4.69) is 4.74 Å². The summed E-state index contributed by atoms with van der Waals surface area (Å²) in [6.45, 7) is -0.264. The average molecular weight is 470 g/mol. The van der Waals surface area contributed by atoms with Crippen LogP contribution in [0.25, 0.3) is 0 Å². The van der Waals surface area contributed by atoms with Crippen LogP contribution in [-0.2, 0) is 15.7 Å². The number of allylic oxidation sites excluding steroid dienone is 3. The topological polar surface area (TPSA) is 96.2 Å². The van der Waals surface area contributed by atoms with Gasteiger partial charge in [0.05, 0.1) is 24.9 Å². The fraction of sp³-hybridized carbons (Fsp3) is 0.458. The first kappa shape index (κ1) is 26.6. The summed E-state index contributed by atoms with van der Waals surface area (Å²) in [5.41, 5.74) is -0.843. The molecule has 0 saturated heterocycles. The molecule has 1 aromatic carbocycles. The van der Waals surface area contributed by atoms with Gasteiger partial charge >= 0.3 is 12.1 Å². The lowest BCUT2D eigenvalue weighted by Crippen LogP contribution is -2.21. The number of esters is 1. The lowest BCUT2D eigenvalue weighted by Gasteiger charge is -2.19. The van der Waals surface area contributed by atoms with Crippen LogP contribution in [0.5, 0.6) is 5.75 Å². The zero-order valence-corrected chi connectivity index (χ0v) is 18.2. The van der Waals surface area contributed by atoms with Crippen molar-refractivity contribution in [3.63, 3.8) is 0 Å². The molecule has 0 aromatic heterocycles. The Morgan fingerprint density at radius 3 is 2.67 bits per heavy atom. The number of rotatable bonds is 10. The zero-order valence-electron chi connectivity index (χ0n) is 18.2. The molecule has 0 aliphatic heterocycles. The Morgan fingerprint density at radius 2 is 1.97 bits per heavy atom. The first-order chi connectivity index (χ1) is 15.6. The smallest absolute Gasteiger partial charge is 0.416 e. The summed E-state index contributed by atoms with van der Waals surface area (Å²) in [4.78, 5) is 11.0. The predicted molar refractivity (Wildman–Crippen MR) is 115 cm³/mol. The molecule has 2 rings (SSSR count). The van der Waals surface area contributed by atoms with Gasteiger partial charge in [-0.25, -0.2) is 4.79 Å². The van der Waals surface area contributed by atoms with Gasteiger partial charge in [0.25, 0.3) is 0 Å². The summed E-state index contributed by atoms with van der Waals surface area (Å²) in [6, 6.07) is 4.38. The molecule has 3 unspecified atom stereocenters. The van der Waals surface area contributed by atoms with Crippen molar-refractivity contribution in [3.05, 3.63) is 66.3 Å². The van der Waals surface area contributed by atoms with Crippen molar-refractivity contribution in [2.75, 3.05) is 13.7 Å². The van der Waals surface area contributed by atoms with Crippen LogP contribution in [0.1, 0.15) is 24.8 Å². The van der Waals surface area contributed by atoms with E-state index in [0.29, 0.717) is 12.8 Å². The number of carbonyl (C=O) groups excluding carboxylic acids is 1. The third-order valence-electron chi connectivity index (χ3n) is 5.36. The van der Waals surface area contributed by atoms with Gasteiger partial charge in [-0.2, -0.15) is 13.2 Å². The Morgan fingerprint density at radius 1 is 1.21 bits per heavy atom. The summed E-state index contributed by atoms with van der Waals surface area (Å²) in [5, 5.41) is 30.7. The third kappa shape index (κ3) is 8.68. The van der Waals surface area contributed by atoms with Crippen LogP contribution in [0, 0.1) is 11.8 Å². The Kier molecular flexibility index (Phi) is 10.1. The normalized spacial score (nSPS) is 24.7.